The van der Waals surface area contributed by atoms with Crippen molar-refractivity contribution in [3.05, 3.63) is 11.8 Å². The van der Waals surface area contributed by atoms with Crippen LogP contribution in [0.2, 0.25) is 0 Å². The molecule has 0 saturated heterocycles. The van der Waals surface area contributed by atoms with Gasteiger partial charge in [-0.15, -0.1) is 0 Å². The molecule has 0 atom stereocenters. The molecule has 2 rings (SSSR count). The molecule has 2 N–H and O–H groups in total. The Kier molecular flexibility index (Phi) is 5.80. The van der Waals surface area contributed by atoms with Gasteiger partial charge >= 0.3 is 12.0 Å². The number of hydrogen-bond donors (Lipinski definition) is 2. The van der Waals surface area contributed by atoms with Crippen molar-refractivity contribution in [3.8, 4) is 0 Å². The zero-order valence-electron chi connectivity index (χ0n) is 13.2. The first kappa shape index (κ1) is 16.3. The van der Waals surface area contributed by atoms with Gasteiger partial charge in [0, 0.05) is 18.8 Å². The summed E-state index contributed by atoms with van der Waals surface area (Å²) in [7, 11) is 0. The molecule has 0 radical (unpaired) electrons. The molecular weight excluding hydrogens is 284 g/mol. The van der Waals surface area contributed by atoms with Gasteiger partial charge in [-0.1, -0.05) is 19.3 Å². The first-order valence-electron chi connectivity index (χ1n) is 7.96. The minimum atomic E-state index is -0.477. The predicted octanol–water partition coefficient (Wildman–Crippen LogP) is 2.53. The Balaban J connectivity index is 2.02. The number of aryl methyl sites for hydroxylation is 1. The standard InChI is InChI=1S/C15H24N4O3/c1-3-19-10-12(14(20)22-4-2)13(18-19)17-15(21)16-11-8-6-5-7-9-11/h10-11H,3-9H2,1-2H3,(H2,16,17,18,21). The van der Waals surface area contributed by atoms with E-state index in [-0.39, 0.29) is 30.1 Å². The number of carbonyl (C=O) groups is 2. The van der Waals surface area contributed by atoms with E-state index >= 15 is 0 Å². The number of nitrogens with one attached hydrogen (secondary N) is 2. The largest absolute Gasteiger partial charge is 0.462 e. The van der Waals surface area contributed by atoms with Crippen LogP contribution < -0.4 is 10.6 Å². The number of rotatable bonds is 5. The molecule has 1 aliphatic rings. The normalized spacial score (nSPS) is 15.4. The van der Waals surface area contributed by atoms with E-state index in [0.717, 1.165) is 25.7 Å². The minimum Gasteiger partial charge on any atom is -0.462 e. The van der Waals surface area contributed by atoms with E-state index in [2.05, 4.69) is 15.7 Å². The minimum absolute atomic E-state index is 0.202. The monoisotopic (exact) mass is 308 g/mol. The molecule has 1 fully saturated rings. The number of nitrogens with zero attached hydrogens (tertiary/aromatic N) is 2. The molecule has 0 unspecified atom stereocenters. The Bertz CT molecular complexity index is 521. The SMILES string of the molecule is CCOC(=O)c1cn(CC)nc1NC(=O)NC1CCCCC1. The van der Waals surface area contributed by atoms with Crippen LogP contribution in [0.4, 0.5) is 10.6 Å². The number of hydrogen-bond acceptors (Lipinski definition) is 4. The van der Waals surface area contributed by atoms with Gasteiger partial charge in [-0.3, -0.25) is 10.00 Å². The lowest BCUT2D eigenvalue weighted by Crippen LogP contribution is -2.39. The van der Waals surface area contributed by atoms with Gasteiger partial charge in [-0.2, -0.15) is 5.10 Å². The van der Waals surface area contributed by atoms with Crippen LogP contribution in [0.3, 0.4) is 0 Å². The summed E-state index contributed by atoms with van der Waals surface area (Å²) < 4.78 is 6.59. The smallest absolute Gasteiger partial charge is 0.343 e. The van der Waals surface area contributed by atoms with Crippen LogP contribution in [0, 0.1) is 0 Å². The Morgan fingerprint density at radius 3 is 2.68 bits per heavy atom. The van der Waals surface area contributed by atoms with E-state index in [1.807, 2.05) is 6.92 Å². The number of amides is 2. The first-order chi connectivity index (χ1) is 10.6. The zero-order chi connectivity index (χ0) is 15.9. The molecule has 0 spiro atoms. The van der Waals surface area contributed by atoms with E-state index in [4.69, 9.17) is 4.74 Å². The highest BCUT2D eigenvalue weighted by Gasteiger charge is 2.21. The molecule has 7 nitrogen and oxygen atoms in total. The summed E-state index contributed by atoms with van der Waals surface area (Å²) in [5, 5.41) is 9.82. The maximum atomic E-state index is 12.1. The van der Waals surface area contributed by atoms with Crippen molar-refractivity contribution >= 4 is 17.8 Å². The van der Waals surface area contributed by atoms with E-state index < -0.39 is 5.97 Å². The lowest BCUT2D eigenvalue weighted by atomic mass is 9.96. The van der Waals surface area contributed by atoms with Crippen LogP contribution in [-0.4, -0.2) is 34.4 Å². The molecular formula is C15H24N4O3. The topological polar surface area (TPSA) is 85.2 Å². The Morgan fingerprint density at radius 2 is 2.05 bits per heavy atom. The van der Waals surface area contributed by atoms with E-state index in [9.17, 15) is 9.59 Å². The van der Waals surface area contributed by atoms with E-state index in [1.54, 1.807) is 17.8 Å². The Morgan fingerprint density at radius 1 is 1.32 bits per heavy atom. The third kappa shape index (κ3) is 4.22. The van der Waals surface area contributed by atoms with Crippen molar-refractivity contribution in [2.45, 2.75) is 58.5 Å². The molecule has 22 heavy (non-hydrogen) atoms. The van der Waals surface area contributed by atoms with Crippen molar-refractivity contribution in [1.82, 2.24) is 15.1 Å². The maximum Gasteiger partial charge on any atom is 0.343 e. The summed E-state index contributed by atoms with van der Waals surface area (Å²) in [5.74, 6) is -0.233. The average Bonchev–Trinajstić information content (AvgIpc) is 2.91. The number of urea groups is 1. The quantitative estimate of drug-likeness (QED) is 0.819. The number of aromatic nitrogens is 2. The lowest BCUT2D eigenvalue weighted by Gasteiger charge is -2.22. The summed E-state index contributed by atoms with van der Waals surface area (Å²) in [5.41, 5.74) is 0.280. The highest BCUT2D eigenvalue weighted by molar-refractivity contribution is 5.99. The molecule has 0 bridgehead atoms. The fourth-order valence-electron chi connectivity index (χ4n) is 2.61. The van der Waals surface area contributed by atoms with Gasteiger partial charge in [0.15, 0.2) is 5.82 Å². The van der Waals surface area contributed by atoms with Gasteiger partial charge in [-0.05, 0) is 26.7 Å². The van der Waals surface area contributed by atoms with Crippen LogP contribution in [0.25, 0.3) is 0 Å². The second kappa shape index (κ2) is 7.82. The maximum absolute atomic E-state index is 12.1. The third-order valence-electron chi connectivity index (χ3n) is 3.75. The van der Waals surface area contributed by atoms with Gasteiger partial charge in [0.25, 0.3) is 0 Å². The van der Waals surface area contributed by atoms with Crippen molar-refractivity contribution in [3.63, 3.8) is 0 Å². The molecule has 0 aliphatic heterocycles. The summed E-state index contributed by atoms with van der Waals surface area (Å²) in [6.07, 6.45) is 7.11. The zero-order valence-corrected chi connectivity index (χ0v) is 13.2. The summed E-state index contributed by atoms with van der Waals surface area (Å²) in [6, 6.07) is -0.119. The molecule has 0 aromatic carbocycles. The van der Waals surface area contributed by atoms with Crippen LogP contribution in [0.1, 0.15) is 56.3 Å². The molecule has 7 heteroatoms. The average molecular weight is 308 g/mol. The predicted molar refractivity (Wildman–Crippen MR) is 82.9 cm³/mol. The first-order valence-corrected chi connectivity index (χ1v) is 7.96. The number of anilines is 1. The molecule has 1 aliphatic carbocycles. The van der Waals surface area contributed by atoms with Crippen molar-refractivity contribution in [1.29, 1.82) is 0 Å². The van der Waals surface area contributed by atoms with E-state index in [0.29, 0.717) is 6.54 Å². The number of esters is 1. The summed E-state index contributed by atoms with van der Waals surface area (Å²) in [4.78, 5) is 24.0. The number of carbonyl (C=O) groups excluding carboxylic acids is 2. The third-order valence-corrected chi connectivity index (χ3v) is 3.75. The molecule has 1 heterocycles. The molecule has 1 aromatic heterocycles. The van der Waals surface area contributed by atoms with Gasteiger partial charge in [0.05, 0.1) is 6.61 Å². The fraction of sp³-hybridized carbons (Fsp3) is 0.667. The molecule has 1 aromatic rings. The van der Waals surface area contributed by atoms with E-state index in [1.165, 1.54) is 6.42 Å². The highest BCUT2D eigenvalue weighted by atomic mass is 16.5. The summed E-state index contributed by atoms with van der Waals surface area (Å²) in [6.45, 7) is 4.54. The number of ether oxygens (including phenoxy) is 1. The van der Waals surface area contributed by atoms with Crippen LogP contribution in [0.5, 0.6) is 0 Å². The molecule has 2 amide bonds. The fourth-order valence-corrected chi connectivity index (χ4v) is 2.61. The van der Waals surface area contributed by atoms with Crippen molar-refractivity contribution in [2.24, 2.45) is 0 Å². The van der Waals surface area contributed by atoms with Crippen LogP contribution in [-0.2, 0) is 11.3 Å². The Labute approximate surface area is 130 Å². The van der Waals surface area contributed by atoms with Gasteiger partial charge in [0.1, 0.15) is 5.56 Å². The lowest BCUT2D eigenvalue weighted by molar-refractivity contribution is 0.0527. The highest BCUT2D eigenvalue weighted by Crippen LogP contribution is 2.18. The second-order valence-electron chi connectivity index (χ2n) is 5.40. The van der Waals surface area contributed by atoms with Crippen molar-refractivity contribution in [2.75, 3.05) is 11.9 Å². The van der Waals surface area contributed by atoms with Gasteiger partial charge in [-0.25, -0.2) is 9.59 Å². The van der Waals surface area contributed by atoms with Gasteiger partial charge < -0.3 is 10.1 Å². The second-order valence-corrected chi connectivity index (χ2v) is 5.40. The van der Waals surface area contributed by atoms with Gasteiger partial charge in [0.2, 0.25) is 0 Å². The van der Waals surface area contributed by atoms with Crippen molar-refractivity contribution < 1.29 is 14.3 Å². The van der Waals surface area contributed by atoms with Crippen LogP contribution in [0.15, 0.2) is 6.20 Å². The van der Waals surface area contributed by atoms with Crippen LogP contribution >= 0.6 is 0 Å². The molecule has 122 valence electrons. The Hall–Kier alpha value is -2.05. The molecule has 1 saturated carbocycles. The summed E-state index contributed by atoms with van der Waals surface area (Å²) >= 11 is 0.